The van der Waals surface area contributed by atoms with Crippen LogP contribution in [-0.4, -0.2) is 37.7 Å². The number of benzene rings is 1. The van der Waals surface area contributed by atoms with Gasteiger partial charge in [-0.15, -0.1) is 0 Å². The summed E-state index contributed by atoms with van der Waals surface area (Å²) < 4.78 is 1.77. The van der Waals surface area contributed by atoms with Crippen molar-refractivity contribution in [1.29, 1.82) is 0 Å². The molecule has 0 unspecified atom stereocenters. The number of aryl methyl sites for hydroxylation is 2. The van der Waals surface area contributed by atoms with Crippen LogP contribution in [0.3, 0.4) is 0 Å². The highest BCUT2D eigenvalue weighted by atomic mass is 16.2. The molecular weight excluding hydrogens is 390 g/mol. The first-order valence-corrected chi connectivity index (χ1v) is 10.5. The third-order valence-electron chi connectivity index (χ3n) is 5.72. The van der Waals surface area contributed by atoms with Crippen molar-refractivity contribution in [1.82, 2.24) is 30.0 Å². The van der Waals surface area contributed by atoms with Gasteiger partial charge in [-0.2, -0.15) is 5.10 Å². The second-order valence-corrected chi connectivity index (χ2v) is 8.08. The molecule has 1 saturated carbocycles. The van der Waals surface area contributed by atoms with Gasteiger partial charge in [-0.3, -0.25) is 9.48 Å². The lowest BCUT2D eigenvalue weighted by molar-refractivity contribution is -0.117. The first-order valence-electron chi connectivity index (χ1n) is 10.5. The maximum Gasteiger partial charge on any atom is 0.228 e. The number of nitrogens with zero attached hydrogens (tertiary/aromatic N) is 4. The van der Waals surface area contributed by atoms with Gasteiger partial charge in [-0.05, 0) is 50.1 Å². The van der Waals surface area contributed by atoms with E-state index in [1.807, 2.05) is 39.3 Å². The van der Waals surface area contributed by atoms with Gasteiger partial charge in [0, 0.05) is 42.4 Å². The van der Waals surface area contributed by atoms with Crippen molar-refractivity contribution in [3.8, 4) is 22.6 Å². The molecule has 3 N–H and O–H groups in total. The Hall–Kier alpha value is -3.52. The van der Waals surface area contributed by atoms with E-state index in [9.17, 15) is 4.79 Å². The molecule has 0 radical (unpaired) electrons. The number of anilines is 1. The topological polar surface area (TPSA) is 101 Å². The van der Waals surface area contributed by atoms with Gasteiger partial charge in [0.05, 0.1) is 5.52 Å². The minimum absolute atomic E-state index is 0.0462. The number of amides is 1. The molecular formula is C23H25N7O. The molecule has 0 aliphatic heterocycles. The van der Waals surface area contributed by atoms with Gasteiger partial charge in [0.25, 0.3) is 0 Å². The molecule has 0 saturated heterocycles. The maximum absolute atomic E-state index is 12.3. The molecule has 158 valence electrons. The number of rotatable bonds is 6. The van der Waals surface area contributed by atoms with Crippen molar-refractivity contribution in [2.45, 2.75) is 26.3 Å². The van der Waals surface area contributed by atoms with Gasteiger partial charge in [0.1, 0.15) is 5.82 Å². The summed E-state index contributed by atoms with van der Waals surface area (Å²) in [5.41, 5.74) is 4.85. The van der Waals surface area contributed by atoms with Crippen LogP contribution >= 0.6 is 0 Å². The highest BCUT2D eigenvalue weighted by Crippen LogP contribution is 2.34. The Morgan fingerprint density at radius 2 is 2.06 bits per heavy atom. The number of hydrogen-bond donors (Lipinski definition) is 3. The minimum atomic E-state index is 0.0462. The highest BCUT2D eigenvalue weighted by Gasteiger charge is 2.30. The van der Waals surface area contributed by atoms with Crippen LogP contribution in [0.1, 0.15) is 24.2 Å². The molecule has 4 aromatic rings. The van der Waals surface area contributed by atoms with E-state index >= 15 is 0 Å². The fourth-order valence-electron chi connectivity index (χ4n) is 3.73. The molecule has 1 amide bonds. The quantitative estimate of drug-likeness (QED) is 0.448. The highest BCUT2D eigenvalue weighted by molar-refractivity contribution is 6.02. The summed E-state index contributed by atoms with van der Waals surface area (Å²) in [6.07, 6.45) is 3.74. The summed E-state index contributed by atoms with van der Waals surface area (Å²) in [7, 11) is 3.80. The minimum Gasteiger partial charge on any atom is -0.351 e. The molecule has 1 aromatic carbocycles. The smallest absolute Gasteiger partial charge is 0.228 e. The molecule has 1 aliphatic carbocycles. The number of carbonyl (C=O) groups excluding carboxylic acids is 1. The zero-order valence-electron chi connectivity index (χ0n) is 17.9. The maximum atomic E-state index is 12.3. The van der Waals surface area contributed by atoms with Gasteiger partial charge >= 0.3 is 0 Å². The zero-order chi connectivity index (χ0) is 21.5. The first-order chi connectivity index (χ1) is 15.0. The molecule has 8 heteroatoms. The van der Waals surface area contributed by atoms with Crippen LogP contribution in [0.15, 0.2) is 36.5 Å². The third kappa shape index (κ3) is 3.70. The van der Waals surface area contributed by atoms with Crippen LogP contribution in [0, 0.1) is 12.8 Å². The molecule has 3 heterocycles. The number of aromatic nitrogens is 5. The summed E-state index contributed by atoms with van der Waals surface area (Å²) in [6, 6.07) is 10.3. The normalized spacial score (nSPS) is 13.6. The summed E-state index contributed by atoms with van der Waals surface area (Å²) in [4.78, 5) is 24.9. The van der Waals surface area contributed by atoms with Gasteiger partial charge in [-0.1, -0.05) is 18.2 Å². The van der Waals surface area contributed by atoms with E-state index < -0.39 is 0 Å². The summed E-state index contributed by atoms with van der Waals surface area (Å²) in [6.45, 7) is 2.63. The van der Waals surface area contributed by atoms with E-state index in [0.717, 1.165) is 52.0 Å². The van der Waals surface area contributed by atoms with Crippen molar-refractivity contribution in [2.75, 3.05) is 12.4 Å². The summed E-state index contributed by atoms with van der Waals surface area (Å²) in [5, 5.41) is 11.7. The lowest BCUT2D eigenvalue weighted by atomic mass is 10.1. The Balaban J connectivity index is 1.57. The summed E-state index contributed by atoms with van der Waals surface area (Å²) in [5.74, 6) is 2.31. The third-order valence-corrected chi connectivity index (χ3v) is 5.72. The molecule has 5 rings (SSSR count). The van der Waals surface area contributed by atoms with Gasteiger partial charge in [-0.25, -0.2) is 9.97 Å². The average Bonchev–Trinajstić information content (AvgIpc) is 3.44. The number of pyridine rings is 1. The van der Waals surface area contributed by atoms with Gasteiger partial charge in [0.15, 0.2) is 11.6 Å². The van der Waals surface area contributed by atoms with E-state index in [2.05, 4.69) is 48.9 Å². The largest absolute Gasteiger partial charge is 0.351 e. The van der Waals surface area contributed by atoms with Crippen LogP contribution in [-0.2, 0) is 18.4 Å². The lowest BCUT2D eigenvalue weighted by Crippen LogP contribution is -2.15. The Kier molecular flexibility index (Phi) is 4.78. The average molecular weight is 416 g/mol. The van der Waals surface area contributed by atoms with Gasteiger partial charge in [0.2, 0.25) is 5.91 Å². The van der Waals surface area contributed by atoms with E-state index in [4.69, 9.17) is 0 Å². The molecule has 0 spiro atoms. The standard InChI is InChI=1S/C23H25N7O/c1-13-26-21(29-30(13)3)16-6-4-5-15(9-16)19-10-18-17(11-24-2)12-25-22(20(18)27-19)28-23(31)14-7-8-14/h4-6,9-10,12,14,24,27H,7-8,11H2,1-3H3,(H,25,28,31). The number of fused-ring (bicyclic) bond motifs is 1. The Bertz CT molecular complexity index is 1260. The number of nitrogens with one attached hydrogen (secondary N) is 3. The zero-order valence-corrected chi connectivity index (χ0v) is 17.9. The second-order valence-electron chi connectivity index (χ2n) is 8.08. The number of hydrogen-bond acceptors (Lipinski definition) is 5. The molecule has 3 aromatic heterocycles. The lowest BCUT2D eigenvalue weighted by Gasteiger charge is -2.08. The van der Waals surface area contributed by atoms with Crippen molar-refractivity contribution < 1.29 is 4.79 Å². The van der Waals surface area contributed by atoms with Crippen LogP contribution in [0.4, 0.5) is 5.82 Å². The Morgan fingerprint density at radius 1 is 1.26 bits per heavy atom. The van der Waals surface area contributed by atoms with Crippen LogP contribution in [0.5, 0.6) is 0 Å². The molecule has 1 fully saturated rings. The number of carbonyl (C=O) groups is 1. The predicted molar refractivity (Wildman–Crippen MR) is 120 cm³/mol. The SMILES string of the molecule is CNCc1cnc(NC(=O)C2CC2)c2[nH]c(-c3cccc(-c4nc(C)n(C)n4)c3)cc12. The predicted octanol–water partition coefficient (Wildman–Crippen LogP) is 3.40. The van der Waals surface area contributed by atoms with Gasteiger partial charge < -0.3 is 15.6 Å². The van der Waals surface area contributed by atoms with Crippen molar-refractivity contribution in [3.05, 3.63) is 47.9 Å². The number of aromatic amines is 1. The van der Waals surface area contributed by atoms with E-state index in [1.54, 1.807) is 4.68 Å². The van der Waals surface area contributed by atoms with E-state index in [1.165, 1.54) is 0 Å². The molecule has 8 nitrogen and oxygen atoms in total. The van der Waals surface area contributed by atoms with Crippen LogP contribution < -0.4 is 10.6 Å². The molecule has 0 bridgehead atoms. The Labute approximate surface area is 180 Å². The van der Waals surface area contributed by atoms with Crippen LogP contribution in [0.2, 0.25) is 0 Å². The van der Waals surface area contributed by atoms with E-state index in [0.29, 0.717) is 18.2 Å². The molecule has 0 atom stereocenters. The number of H-pyrrole nitrogens is 1. The Morgan fingerprint density at radius 3 is 2.77 bits per heavy atom. The van der Waals surface area contributed by atoms with E-state index in [-0.39, 0.29) is 11.8 Å². The fourth-order valence-corrected chi connectivity index (χ4v) is 3.73. The summed E-state index contributed by atoms with van der Waals surface area (Å²) >= 11 is 0. The van der Waals surface area contributed by atoms with Crippen molar-refractivity contribution >= 4 is 22.6 Å². The first kappa shape index (κ1) is 19.4. The molecule has 31 heavy (non-hydrogen) atoms. The van der Waals surface area contributed by atoms with Crippen molar-refractivity contribution in [3.63, 3.8) is 0 Å². The molecule has 1 aliphatic rings. The van der Waals surface area contributed by atoms with Crippen LogP contribution in [0.25, 0.3) is 33.5 Å². The fraction of sp³-hybridized carbons (Fsp3) is 0.304. The monoisotopic (exact) mass is 415 g/mol. The van der Waals surface area contributed by atoms with Crippen molar-refractivity contribution in [2.24, 2.45) is 13.0 Å². The second kappa shape index (κ2) is 7.63.